The second-order valence-electron chi connectivity index (χ2n) is 13.0. The van der Waals surface area contributed by atoms with Crippen LogP contribution >= 0.6 is 0 Å². The van der Waals surface area contributed by atoms with Crippen LogP contribution in [0.4, 0.5) is 0 Å². The fourth-order valence-electron chi connectivity index (χ4n) is 8.23. The van der Waals surface area contributed by atoms with Gasteiger partial charge in [-0.25, -0.2) is 0 Å². The first-order valence-corrected chi connectivity index (χ1v) is 16.3. The van der Waals surface area contributed by atoms with Crippen molar-refractivity contribution in [2.45, 2.75) is 174 Å². The van der Waals surface area contributed by atoms with Gasteiger partial charge in [0.15, 0.2) is 0 Å². The SMILES string of the molecule is CCCCCCCCC1CCC(C2CCC(C3CCC(CCCCCCC)CC3)CC2)CC1. The normalized spacial score (nSPS) is 33.3. The fraction of sp³-hybridized carbons (Fsp3) is 1.00. The Balaban J connectivity index is 1.22. The summed E-state index contributed by atoms with van der Waals surface area (Å²) in [6.07, 6.45) is 38.2. The molecule has 33 heavy (non-hydrogen) atoms. The highest BCUT2D eigenvalue weighted by atomic mass is 14.4. The van der Waals surface area contributed by atoms with Gasteiger partial charge in [-0.05, 0) is 86.9 Å². The zero-order valence-corrected chi connectivity index (χ0v) is 23.1. The van der Waals surface area contributed by atoms with E-state index in [9.17, 15) is 0 Å². The fourth-order valence-corrected chi connectivity index (χ4v) is 8.23. The highest BCUT2D eigenvalue weighted by Crippen LogP contribution is 2.46. The van der Waals surface area contributed by atoms with E-state index in [1.54, 1.807) is 89.9 Å². The van der Waals surface area contributed by atoms with Gasteiger partial charge >= 0.3 is 0 Å². The van der Waals surface area contributed by atoms with Crippen molar-refractivity contribution in [3.05, 3.63) is 0 Å². The third-order valence-electron chi connectivity index (χ3n) is 10.6. The lowest BCUT2D eigenvalue weighted by Crippen LogP contribution is -2.29. The highest BCUT2D eigenvalue weighted by Gasteiger charge is 2.34. The third kappa shape index (κ3) is 10.3. The largest absolute Gasteiger partial charge is 0.0654 e. The van der Waals surface area contributed by atoms with Crippen LogP contribution in [0, 0.1) is 35.5 Å². The predicted molar refractivity (Wildman–Crippen MR) is 148 cm³/mol. The van der Waals surface area contributed by atoms with E-state index < -0.39 is 0 Å². The summed E-state index contributed by atoms with van der Waals surface area (Å²) in [5, 5.41) is 0. The average Bonchev–Trinajstić information content (AvgIpc) is 2.87. The second kappa shape index (κ2) is 16.6. The van der Waals surface area contributed by atoms with Crippen molar-refractivity contribution in [2.24, 2.45) is 35.5 Å². The summed E-state index contributed by atoms with van der Waals surface area (Å²) in [4.78, 5) is 0. The number of rotatable bonds is 15. The van der Waals surface area contributed by atoms with Crippen LogP contribution in [0.1, 0.15) is 174 Å². The molecule has 3 aliphatic carbocycles. The van der Waals surface area contributed by atoms with Crippen LogP contribution in [0.3, 0.4) is 0 Å². The molecule has 0 N–H and O–H groups in total. The molecule has 0 heterocycles. The summed E-state index contributed by atoms with van der Waals surface area (Å²) >= 11 is 0. The van der Waals surface area contributed by atoms with E-state index >= 15 is 0 Å². The zero-order valence-electron chi connectivity index (χ0n) is 23.1. The van der Waals surface area contributed by atoms with Crippen molar-refractivity contribution in [1.82, 2.24) is 0 Å². The summed E-state index contributed by atoms with van der Waals surface area (Å²) in [5.74, 6) is 6.60. The van der Waals surface area contributed by atoms with Gasteiger partial charge in [0.2, 0.25) is 0 Å². The van der Waals surface area contributed by atoms with Gasteiger partial charge in [0, 0.05) is 0 Å². The van der Waals surface area contributed by atoms with Crippen molar-refractivity contribution >= 4 is 0 Å². The Hall–Kier alpha value is 0. The van der Waals surface area contributed by atoms with Gasteiger partial charge < -0.3 is 0 Å². The molecule has 3 saturated carbocycles. The van der Waals surface area contributed by atoms with Gasteiger partial charge in [-0.3, -0.25) is 0 Å². The second-order valence-corrected chi connectivity index (χ2v) is 13.0. The van der Waals surface area contributed by atoms with E-state index in [0.717, 1.165) is 35.5 Å². The number of hydrogen-bond acceptors (Lipinski definition) is 0. The minimum Gasteiger partial charge on any atom is -0.0654 e. The van der Waals surface area contributed by atoms with E-state index in [0.29, 0.717) is 0 Å². The average molecular weight is 459 g/mol. The van der Waals surface area contributed by atoms with Gasteiger partial charge in [0.05, 0.1) is 0 Å². The first-order valence-electron chi connectivity index (χ1n) is 16.3. The van der Waals surface area contributed by atoms with Crippen LogP contribution in [-0.4, -0.2) is 0 Å². The Morgan fingerprint density at radius 2 is 0.606 bits per heavy atom. The standard InChI is InChI=1S/C33H62/c1-3-5-7-9-11-13-15-29-18-22-31(23-19-29)33-26-24-32(25-27-33)30-20-16-28(17-21-30)14-12-10-8-6-4-2/h28-33H,3-27H2,1-2H3. The molecule has 0 aromatic rings. The third-order valence-corrected chi connectivity index (χ3v) is 10.6. The van der Waals surface area contributed by atoms with E-state index in [1.165, 1.54) is 70.6 Å². The molecule has 0 aromatic heterocycles. The van der Waals surface area contributed by atoms with Crippen molar-refractivity contribution in [3.63, 3.8) is 0 Å². The van der Waals surface area contributed by atoms with Crippen LogP contribution in [-0.2, 0) is 0 Å². The van der Waals surface area contributed by atoms with Crippen LogP contribution in [0.15, 0.2) is 0 Å². The number of hydrogen-bond donors (Lipinski definition) is 0. The summed E-state index contributed by atoms with van der Waals surface area (Å²) in [6, 6.07) is 0. The maximum absolute atomic E-state index is 2.33. The molecule has 0 aliphatic heterocycles. The minimum absolute atomic E-state index is 1.09. The van der Waals surface area contributed by atoms with Crippen LogP contribution < -0.4 is 0 Å². The molecule has 3 fully saturated rings. The van der Waals surface area contributed by atoms with Gasteiger partial charge in [0.1, 0.15) is 0 Å². The molecule has 0 nitrogen and oxygen atoms in total. The molecule has 194 valence electrons. The summed E-state index contributed by atoms with van der Waals surface area (Å²) < 4.78 is 0. The summed E-state index contributed by atoms with van der Waals surface area (Å²) in [6.45, 7) is 4.66. The van der Waals surface area contributed by atoms with E-state index in [2.05, 4.69) is 13.8 Å². The van der Waals surface area contributed by atoms with Gasteiger partial charge in [-0.2, -0.15) is 0 Å². The molecule has 0 aromatic carbocycles. The summed E-state index contributed by atoms with van der Waals surface area (Å²) in [7, 11) is 0. The molecule has 0 saturated heterocycles. The molecule has 0 radical (unpaired) electrons. The smallest absolute Gasteiger partial charge is 0.0386 e. The summed E-state index contributed by atoms with van der Waals surface area (Å²) in [5.41, 5.74) is 0. The lowest BCUT2D eigenvalue weighted by Gasteiger charge is -2.41. The number of unbranched alkanes of at least 4 members (excludes halogenated alkanes) is 9. The van der Waals surface area contributed by atoms with Crippen molar-refractivity contribution in [2.75, 3.05) is 0 Å². The van der Waals surface area contributed by atoms with Gasteiger partial charge in [-0.1, -0.05) is 123 Å². The van der Waals surface area contributed by atoms with Gasteiger partial charge in [0.25, 0.3) is 0 Å². The van der Waals surface area contributed by atoms with Crippen molar-refractivity contribution in [3.8, 4) is 0 Å². The van der Waals surface area contributed by atoms with Crippen molar-refractivity contribution < 1.29 is 0 Å². The zero-order chi connectivity index (χ0) is 23.1. The molecule has 0 atom stereocenters. The predicted octanol–water partition coefficient (Wildman–Crippen LogP) is 11.5. The maximum Gasteiger partial charge on any atom is -0.0386 e. The van der Waals surface area contributed by atoms with Crippen LogP contribution in [0.5, 0.6) is 0 Å². The maximum atomic E-state index is 2.33. The Bertz CT molecular complexity index is 443. The van der Waals surface area contributed by atoms with Crippen LogP contribution in [0.2, 0.25) is 0 Å². The molecular formula is C33H62. The molecule has 0 spiro atoms. The first kappa shape index (κ1) is 27.6. The monoisotopic (exact) mass is 458 g/mol. The van der Waals surface area contributed by atoms with E-state index in [1.807, 2.05) is 0 Å². The van der Waals surface area contributed by atoms with Crippen LogP contribution in [0.25, 0.3) is 0 Å². The Kier molecular flexibility index (Phi) is 13.9. The molecule has 3 aliphatic rings. The first-order chi connectivity index (χ1) is 16.3. The molecule has 3 rings (SSSR count). The Labute approximate surface area is 209 Å². The van der Waals surface area contributed by atoms with E-state index in [4.69, 9.17) is 0 Å². The molecule has 0 unspecified atom stereocenters. The highest BCUT2D eigenvalue weighted by molar-refractivity contribution is 4.86. The Morgan fingerprint density at radius 1 is 0.333 bits per heavy atom. The molecule has 0 heteroatoms. The van der Waals surface area contributed by atoms with Crippen molar-refractivity contribution in [1.29, 1.82) is 0 Å². The quantitative estimate of drug-likeness (QED) is 0.214. The minimum atomic E-state index is 1.09. The lowest BCUT2D eigenvalue weighted by atomic mass is 9.64. The lowest BCUT2D eigenvalue weighted by molar-refractivity contribution is 0.102. The van der Waals surface area contributed by atoms with Gasteiger partial charge in [-0.15, -0.1) is 0 Å². The molecule has 0 bridgehead atoms. The Morgan fingerprint density at radius 3 is 0.939 bits per heavy atom. The molecule has 0 amide bonds. The molecular weight excluding hydrogens is 396 g/mol. The topological polar surface area (TPSA) is 0 Å². The van der Waals surface area contributed by atoms with E-state index in [-0.39, 0.29) is 0 Å².